The van der Waals surface area contributed by atoms with Gasteiger partial charge in [0.25, 0.3) is 0 Å². The molecule has 2 aliphatic rings. The fourth-order valence-corrected chi connectivity index (χ4v) is 3.42. The van der Waals surface area contributed by atoms with Crippen molar-refractivity contribution in [3.63, 3.8) is 0 Å². The summed E-state index contributed by atoms with van der Waals surface area (Å²) in [5, 5.41) is 11.0. The number of hydrogen-bond donors (Lipinski definition) is 1. The van der Waals surface area contributed by atoms with Crippen LogP contribution in [0.4, 0.5) is 5.82 Å². The van der Waals surface area contributed by atoms with Crippen molar-refractivity contribution in [2.45, 2.75) is 20.3 Å². The average molecular weight is 318 g/mol. The Labute approximate surface area is 132 Å². The molecular weight excluding hydrogens is 300 g/mol. The van der Waals surface area contributed by atoms with Crippen LogP contribution in [-0.2, 0) is 0 Å². The molecule has 0 amide bonds. The van der Waals surface area contributed by atoms with Gasteiger partial charge in [0.1, 0.15) is 16.5 Å². The number of fused-ring (bicyclic) bond motifs is 1. The molecule has 116 valence electrons. The van der Waals surface area contributed by atoms with E-state index in [-0.39, 0.29) is 5.69 Å². The van der Waals surface area contributed by atoms with Crippen LogP contribution in [-0.4, -0.2) is 39.1 Å². The summed E-state index contributed by atoms with van der Waals surface area (Å²) in [5.41, 5.74) is 0.672. The van der Waals surface area contributed by atoms with Crippen molar-refractivity contribution in [2.24, 2.45) is 11.8 Å². The van der Waals surface area contributed by atoms with Crippen molar-refractivity contribution in [3.05, 3.63) is 23.5 Å². The molecule has 2 aromatic rings. The highest BCUT2D eigenvalue weighted by molar-refractivity contribution is 7.13. The maximum absolute atomic E-state index is 10.8. The standard InChI is InChI=1S/C13H12N4O2S.C2H6/c18-13(19)10-6-20-12(16-10)9-2-15-11(3-14-9)17-4-7-1-8(7)5-17;1-2/h2-3,6-8H,1,4-5H2,(H,18,19);1-2H3. The van der Waals surface area contributed by atoms with Gasteiger partial charge < -0.3 is 10.0 Å². The maximum atomic E-state index is 10.8. The SMILES string of the molecule is CC.O=C(O)c1csc(-c2cnc(N3CC4CC4C3)cn2)n1. The van der Waals surface area contributed by atoms with E-state index in [2.05, 4.69) is 19.9 Å². The summed E-state index contributed by atoms with van der Waals surface area (Å²) < 4.78 is 0. The van der Waals surface area contributed by atoms with Gasteiger partial charge in [0, 0.05) is 18.5 Å². The van der Waals surface area contributed by atoms with Gasteiger partial charge in [-0.2, -0.15) is 0 Å². The molecule has 0 radical (unpaired) electrons. The fraction of sp³-hybridized carbons (Fsp3) is 0.467. The maximum Gasteiger partial charge on any atom is 0.355 e. The normalized spacial score (nSPS) is 21.8. The minimum absolute atomic E-state index is 0.0514. The molecule has 22 heavy (non-hydrogen) atoms. The number of carboxylic acids is 1. The first kappa shape index (κ1) is 14.9. The molecule has 2 atom stereocenters. The number of nitrogens with zero attached hydrogens (tertiary/aromatic N) is 4. The number of anilines is 1. The van der Waals surface area contributed by atoms with Crippen molar-refractivity contribution >= 4 is 23.1 Å². The van der Waals surface area contributed by atoms with Crippen molar-refractivity contribution < 1.29 is 9.90 Å². The Hall–Kier alpha value is -2.02. The smallest absolute Gasteiger partial charge is 0.355 e. The first-order valence-corrected chi connectivity index (χ1v) is 8.35. The van der Waals surface area contributed by atoms with E-state index in [1.165, 1.54) is 23.1 Å². The minimum atomic E-state index is -1.02. The molecular formula is C15H18N4O2S. The number of carboxylic acid groups (broad SMARTS) is 1. The minimum Gasteiger partial charge on any atom is -0.476 e. The fourth-order valence-electron chi connectivity index (χ4n) is 2.67. The van der Waals surface area contributed by atoms with Gasteiger partial charge in [-0.1, -0.05) is 13.8 Å². The van der Waals surface area contributed by atoms with Crippen molar-refractivity contribution in [3.8, 4) is 10.7 Å². The Morgan fingerprint density at radius 2 is 2.00 bits per heavy atom. The first-order chi connectivity index (χ1) is 10.7. The summed E-state index contributed by atoms with van der Waals surface area (Å²) >= 11 is 1.27. The summed E-state index contributed by atoms with van der Waals surface area (Å²) in [6.45, 7) is 6.16. The summed E-state index contributed by atoms with van der Waals surface area (Å²) in [4.78, 5) is 25.9. The molecule has 2 fully saturated rings. The highest BCUT2D eigenvalue weighted by Gasteiger charge is 2.45. The molecule has 2 unspecified atom stereocenters. The molecule has 4 rings (SSSR count). The zero-order valence-corrected chi connectivity index (χ0v) is 13.4. The summed E-state index contributed by atoms with van der Waals surface area (Å²) in [7, 11) is 0. The summed E-state index contributed by atoms with van der Waals surface area (Å²) in [6, 6.07) is 0. The van der Waals surface area contributed by atoms with Crippen LogP contribution in [0.1, 0.15) is 30.8 Å². The number of thiazole rings is 1. The highest BCUT2D eigenvalue weighted by Crippen LogP contribution is 2.45. The van der Waals surface area contributed by atoms with Crippen LogP contribution in [0.25, 0.3) is 10.7 Å². The third-order valence-electron chi connectivity index (χ3n) is 3.88. The van der Waals surface area contributed by atoms with Gasteiger partial charge in [0.05, 0.1) is 12.4 Å². The van der Waals surface area contributed by atoms with Gasteiger partial charge in [-0.3, -0.25) is 0 Å². The zero-order chi connectivity index (χ0) is 15.7. The molecule has 0 spiro atoms. The van der Waals surface area contributed by atoms with Crippen LogP contribution in [0.3, 0.4) is 0 Å². The Kier molecular flexibility index (Phi) is 4.06. The van der Waals surface area contributed by atoms with Crippen molar-refractivity contribution in [2.75, 3.05) is 18.0 Å². The van der Waals surface area contributed by atoms with E-state index in [0.29, 0.717) is 10.7 Å². The molecule has 0 bridgehead atoms. The van der Waals surface area contributed by atoms with E-state index in [4.69, 9.17) is 5.11 Å². The molecule has 1 aliphatic carbocycles. The van der Waals surface area contributed by atoms with Crippen LogP contribution in [0.15, 0.2) is 17.8 Å². The number of piperidine rings is 1. The highest BCUT2D eigenvalue weighted by atomic mass is 32.1. The second kappa shape index (κ2) is 6.00. The van der Waals surface area contributed by atoms with E-state index in [9.17, 15) is 4.79 Å². The number of aromatic carboxylic acids is 1. The Morgan fingerprint density at radius 1 is 1.27 bits per heavy atom. The van der Waals surface area contributed by atoms with Crippen LogP contribution in [0.2, 0.25) is 0 Å². The van der Waals surface area contributed by atoms with Gasteiger partial charge in [-0.15, -0.1) is 11.3 Å². The Morgan fingerprint density at radius 3 is 2.55 bits per heavy atom. The van der Waals surface area contributed by atoms with Crippen LogP contribution in [0, 0.1) is 11.8 Å². The monoisotopic (exact) mass is 318 g/mol. The molecule has 2 aromatic heterocycles. The Balaban J connectivity index is 0.000000693. The van der Waals surface area contributed by atoms with Gasteiger partial charge in [0.2, 0.25) is 0 Å². The quantitative estimate of drug-likeness (QED) is 0.937. The van der Waals surface area contributed by atoms with Gasteiger partial charge >= 0.3 is 5.97 Å². The number of aromatic nitrogens is 3. The van der Waals surface area contributed by atoms with Crippen molar-refractivity contribution in [1.29, 1.82) is 0 Å². The van der Waals surface area contributed by atoms with E-state index >= 15 is 0 Å². The molecule has 1 saturated heterocycles. The number of hydrogen-bond acceptors (Lipinski definition) is 6. The molecule has 7 heteroatoms. The lowest BCUT2D eigenvalue weighted by Crippen LogP contribution is -2.22. The van der Waals surface area contributed by atoms with E-state index in [1.54, 1.807) is 12.4 Å². The largest absolute Gasteiger partial charge is 0.476 e. The molecule has 1 N–H and O–H groups in total. The van der Waals surface area contributed by atoms with Crippen LogP contribution in [0.5, 0.6) is 0 Å². The predicted molar refractivity (Wildman–Crippen MR) is 85.3 cm³/mol. The second-order valence-electron chi connectivity index (χ2n) is 5.26. The first-order valence-electron chi connectivity index (χ1n) is 7.47. The van der Waals surface area contributed by atoms with E-state index in [0.717, 1.165) is 30.7 Å². The zero-order valence-electron chi connectivity index (χ0n) is 12.6. The van der Waals surface area contributed by atoms with Crippen LogP contribution >= 0.6 is 11.3 Å². The third kappa shape index (κ3) is 2.81. The van der Waals surface area contributed by atoms with Gasteiger partial charge in [0.15, 0.2) is 5.69 Å². The lowest BCUT2D eigenvalue weighted by atomic mass is 10.4. The second-order valence-corrected chi connectivity index (χ2v) is 6.12. The number of rotatable bonds is 3. The number of carbonyl (C=O) groups is 1. The molecule has 6 nitrogen and oxygen atoms in total. The molecule has 1 aliphatic heterocycles. The topological polar surface area (TPSA) is 79.2 Å². The van der Waals surface area contributed by atoms with E-state index < -0.39 is 5.97 Å². The molecule has 1 saturated carbocycles. The lowest BCUT2D eigenvalue weighted by molar-refractivity contribution is 0.0691. The average Bonchev–Trinajstić information content (AvgIpc) is 2.97. The lowest BCUT2D eigenvalue weighted by Gasteiger charge is -2.18. The van der Waals surface area contributed by atoms with Crippen LogP contribution < -0.4 is 4.90 Å². The Bertz CT molecular complexity index is 660. The predicted octanol–water partition coefficient (Wildman–Crippen LogP) is 2.78. The van der Waals surface area contributed by atoms with Gasteiger partial charge in [-0.25, -0.2) is 19.7 Å². The summed E-state index contributed by atoms with van der Waals surface area (Å²) in [6.07, 6.45) is 4.78. The molecule has 0 aromatic carbocycles. The van der Waals surface area contributed by atoms with Gasteiger partial charge in [-0.05, 0) is 18.3 Å². The summed E-state index contributed by atoms with van der Waals surface area (Å²) in [5.74, 6) is 1.59. The van der Waals surface area contributed by atoms with E-state index in [1.807, 2.05) is 13.8 Å². The molecule has 3 heterocycles. The van der Waals surface area contributed by atoms with Crippen molar-refractivity contribution in [1.82, 2.24) is 15.0 Å². The third-order valence-corrected chi connectivity index (χ3v) is 4.75.